The summed E-state index contributed by atoms with van der Waals surface area (Å²) in [6, 6.07) is 0.139. The molecular weight excluding hydrogens is 336 g/mol. The number of hydrogen-bond donors (Lipinski definition) is 2. The van der Waals surface area contributed by atoms with Gasteiger partial charge in [-0.05, 0) is 41.0 Å². The van der Waals surface area contributed by atoms with E-state index in [0.717, 1.165) is 0 Å². The van der Waals surface area contributed by atoms with Gasteiger partial charge in [0, 0.05) is 45.2 Å². The SMILES string of the molecule is CC(C)NC(=O)CN1CCN(C(=O)CCCNC(=O)OC(C)(C)C)CC1. The Morgan fingerprint density at radius 3 is 2.23 bits per heavy atom. The molecule has 8 heteroatoms. The number of nitrogens with zero attached hydrogens (tertiary/aromatic N) is 2. The molecule has 2 N–H and O–H groups in total. The Balaban J connectivity index is 2.18. The number of ether oxygens (including phenoxy) is 1. The van der Waals surface area contributed by atoms with Gasteiger partial charge in [0.25, 0.3) is 0 Å². The number of piperazine rings is 1. The zero-order valence-electron chi connectivity index (χ0n) is 16.8. The van der Waals surface area contributed by atoms with Crippen LogP contribution in [0.1, 0.15) is 47.5 Å². The summed E-state index contributed by atoms with van der Waals surface area (Å²) in [6.45, 7) is 12.8. The Labute approximate surface area is 156 Å². The second-order valence-electron chi connectivity index (χ2n) is 7.91. The second kappa shape index (κ2) is 10.4. The van der Waals surface area contributed by atoms with Crippen molar-refractivity contribution >= 4 is 17.9 Å². The molecule has 26 heavy (non-hydrogen) atoms. The molecule has 3 amide bonds. The van der Waals surface area contributed by atoms with E-state index in [9.17, 15) is 14.4 Å². The van der Waals surface area contributed by atoms with Gasteiger partial charge in [-0.25, -0.2) is 4.79 Å². The van der Waals surface area contributed by atoms with Crippen molar-refractivity contribution in [3.8, 4) is 0 Å². The molecule has 1 rings (SSSR count). The van der Waals surface area contributed by atoms with Gasteiger partial charge in [0.2, 0.25) is 11.8 Å². The van der Waals surface area contributed by atoms with E-state index in [1.807, 2.05) is 39.5 Å². The highest BCUT2D eigenvalue weighted by atomic mass is 16.6. The van der Waals surface area contributed by atoms with E-state index in [1.165, 1.54) is 0 Å². The summed E-state index contributed by atoms with van der Waals surface area (Å²) in [6.07, 6.45) is 0.511. The highest BCUT2D eigenvalue weighted by Crippen LogP contribution is 2.07. The predicted molar refractivity (Wildman–Crippen MR) is 99.8 cm³/mol. The molecule has 0 aromatic carbocycles. The number of nitrogens with one attached hydrogen (secondary N) is 2. The van der Waals surface area contributed by atoms with Crippen LogP contribution in [0.3, 0.4) is 0 Å². The fourth-order valence-electron chi connectivity index (χ4n) is 2.63. The van der Waals surface area contributed by atoms with Crippen LogP contribution in [-0.4, -0.2) is 78.6 Å². The third-order valence-electron chi connectivity index (χ3n) is 3.78. The van der Waals surface area contributed by atoms with E-state index in [4.69, 9.17) is 4.74 Å². The summed E-state index contributed by atoms with van der Waals surface area (Å²) in [5, 5.41) is 5.53. The van der Waals surface area contributed by atoms with E-state index >= 15 is 0 Å². The molecule has 0 unspecified atom stereocenters. The maximum absolute atomic E-state index is 12.2. The summed E-state index contributed by atoms with van der Waals surface area (Å²) in [5.41, 5.74) is -0.522. The second-order valence-corrected chi connectivity index (χ2v) is 7.91. The average molecular weight is 370 g/mol. The van der Waals surface area contributed by atoms with Gasteiger partial charge < -0.3 is 20.3 Å². The zero-order chi connectivity index (χ0) is 19.7. The van der Waals surface area contributed by atoms with Crippen molar-refractivity contribution in [2.75, 3.05) is 39.3 Å². The van der Waals surface area contributed by atoms with Gasteiger partial charge in [0.1, 0.15) is 5.60 Å². The number of rotatable bonds is 7. The number of hydrogen-bond acceptors (Lipinski definition) is 5. The molecule has 150 valence electrons. The lowest BCUT2D eigenvalue weighted by Crippen LogP contribution is -2.51. The molecule has 0 radical (unpaired) electrons. The first kappa shape index (κ1) is 22.2. The van der Waals surface area contributed by atoms with Crippen molar-refractivity contribution in [3.05, 3.63) is 0 Å². The van der Waals surface area contributed by atoms with Crippen LogP contribution in [0, 0.1) is 0 Å². The molecule has 1 aliphatic heterocycles. The summed E-state index contributed by atoms with van der Waals surface area (Å²) in [5.74, 6) is 0.107. The minimum Gasteiger partial charge on any atom is -0.444 e. The monoisotopic (exact) mass is 370 g/mol. The van der Waals surface area contributed by atoms with Crippen LogP contribution in [0.4, 0.5) is 4.79 Å². The number of carbonyl (C=O) groups is 3. The Morgan fingerprint density at radius 1 is 1.08 bits per heavy atom. The Kier molecular flexibility index (Phi) is 8.84. The number of carbonyl (C=O) groups excluding carboxylic acids is 3. The van der Waals surface area contributed by atoms with Crippen LogP contribution in [0.25, 0.3) is 0 Å². The van der Waals surface area contributed by atoms with Crippen LogP contribution in [0.15, 0.2) is 0 Å². The Hall–Kier alpha value is -1.83. The van der Waals surface area contributed by atoms with Crippen LogP contribution < -0.4 is 10.6 Å². The molecule has 1 heterocycles. The fourth-order valence-corrected chi connectivity index (χ4v) is 2.63. The smallest absolute Gasteiger partial charge is 0.407 e. The van der Waals surface area contributed by atoms with E-state index in [-0.39, 0.29) is 17.9 Å². The number of amides is 3. The molecular formula is C18H34N4O4. The van der Waals surface area contributed by atoms with Crippen molar-refractivity contribution in [2.24, 2.45) is 0 Å². The maximum atomic E-state index is 12.2. The standard InChI is InChI=1S/C18H34N4O4/c1-14(2)20-15(23)13-21-9-11-22(12-10-21)16(24)7-6-8-19-17(25)26-18(3,4)5/h14H,6-13H2,1-5H3,(H,19,25)(H,20,23). The van der Waals surface area contributed by atoms with Crippen LogP contribution in [0.5, 0.6) is 0 Å². The summed E-state index contributed by atoms with van der Waals surface area (Å²) in [7, 11) is 0. The molecule has 1 fully saturated rings. The van der Waals surface area contributed by atoms with Gasteiger partial charge in [0.15, 0.2) is 0 Å². The minimum atomic E-state index is -0.522. The highest BCUT2D eigenvalue weighted by molar-refractivity contribution is 5.78. The number of alkyl carbamates (subject to hydrolysis) is 1. The van der Waals surface area contributed by atoms with Crippen molar-refractivity contribution < 1.29 is 19.1 Å². The Morgan fingerprint density at radius 2 is 1.69 bits per heavy atom. The highest BCUT2D eigenvalue weighted by Gasteiger charge is 2.22. The maximum Gasteiger partial charge on any atom is 0.407 e. The predicted octanol–water partition coefficient (Wildman–Crippen LogP) is 0.960. The molecule has 1 saturated heterocycles. The molecule has 1 aliphatic rings. The normalized spacial score (nSPS) is 15.7. The third kappa shape index (κ3) is 9.60. The van der Waals surface area contributed by atoms with Crippen molar-refractivity contribution in [3.63, 3.8) is 0 Å². The first-order valence-electron chi connectivity index (χ1n) is 9.33. The van der Waals surface area contributed by atoms with Crippen LogP contribution in [0.2, 0.25) is 0 Å². The Bertz CT molecular complexity index is 480. The molecule has 0 aromatic heterocycles. The zero-order valence-corrected chi connectivity index (χ0v) is 16.8. The van der Waals surface area contributed by atoms with Gasteiger partial charge in [-0.2, -0.15) is 0 Å². The van der Waals surface area contributed by atoms with Crippen LogP contribution >= 0.6 is 0 Å². The third-order valence-corrected chi connectivity index (χ3v) is 3.78. The molecule has 0 saturated carbocycles. The molecule has 0 bridgehead atoms. The lowest BCUT2D eigenvalue weighted by atomic mass is 10.2. The van der Waals surface area contributed by atoms with Gasteiger partial charge >= 0.3 is 6.09 Å². The molecule has 0 spiro atoms. The lowest BCUT2D eigenvalue weighted by Gasteiger charge is -2.34. The van der Waals surface area contributed by atoms with Crippen molar-refractivity contribution in [1.82, 2.24) is 20.4 Å². The summed E-state index contributed by atoms with van der Waals surface area (Å²) < 4.78 is 5.14. The lowest BCUT2D eigenvalue weighted by molar-refractivity contribution is -0.133. The fraction of sp³-hybridized carbons (Fsp3) is 0.833. The van der Waals surface area contributed by atoms with E-state index in [1.54, 1.807) is 0 Å². The average Bonchev–Trinajstić information content (AvgIpc) is 2.49. The van der Waals surface area contributed by atoms with Crippen molar-refractivity contribution in [2.45, 2.75) is 59.1 Å². The van der Waals surface area contributed by atoms with Gasteiger partial charge in [-0.15, -0.1) is 0 Å². The van der Waals surface area contributed by atoms with E-state index in [2.05, 4.69) is 15.5 Å². The van der Waals surface area contributed by atoms with Gasteiger partial charge in [-0.3, -0.25) is 14.5 Å². The topological polar surface area (TPSA) is 91.0 Å². The van der Waals surface area contributed by atoms with E-state index in [0.29, 0.717) is 52.1 Å². The molecule has 0 atom stereocenters. The van der Waals surface area contributed by atoms with Gasteiger partial charge in [0.05, 0.1) is 6.54 Å². The first-order chi connectivity index (χ1) is 12.1. The van der Waals surface area contributed by atoms with Crippen LogP contribution in [-0.2, 0) is 14.3 Å². The quantitative estimate of drug-likeness (QED) is 0.652. The first-order valence-corrected chi connectivity index (χ1v) is 9.33. The summed E-state index contributed by atoms with van der Waals surface area (Å²) in [4.78, 5) is 39.4. The minimum absolute atomic E-state index is 0.0213. The van der Waals surface area contributed by atoms with Gasteiger partial charge in [-0.1, -0.05) is 0 Å². The van der Waals surface area contributed by atoms with Crippen molar-refractivity contribution in [1.29, 1.82) is 0 Å². The largest absolute Gasteiger partial charge is 0.444 e. The molecule has 8 nitrogen and oxygen atoms in total. The summed E-state index contributed by atoms with van der Waals surface area (Å²) >= 11 is 0. The van der Waals surface area contributed by atoms with E-state index < -0.39 is 11.7 Å². The molecule has 0 aliphatic carbocycles. The molecule has 0 aromatic rings.